The van der Waals surface area contributed by atoms with Crippen LogP contribution < -0.4 is 16.0 Å². The second kappa shape index (κ2) is 9.35. The Kier molecular flexibility index (Phi) is 6.83. The van der Waals surface area contributed by atoms with E-state index in [1.54, 1.807) is 7.05 Å². The number of amides is 1. The lowest BCUT2D eigenvalue weighted by Gasteiger charge is -2.13. The molecule has 5 nitrogen and oxygen atoms in total. The van der Waals surface area contributed by atoms with Gasteiger partial charge in [-0.15, -0.1) is 0 Å². The molecule has 0 aliphatic carbocycles. The van der Waals surface area contributed by atoms with Gasteiger partial charge in [-0.1, -0.05) is 54.6 Å². The molecule has 0 aromatic heterocycles. The van der Waals surface area contributed by atoms with E-state index in [1.165, 1.54) is 11.1 Å². The second-order valence-corrected chi connectivity index (χ2v) is 5.47. The summed E-state index contributed by atoms with van der Waals surface area (Å²) in [7, 11) is 1.69. The first-order valence-corrected chi connectivity index (χ1v) is 7.98. The van der Waals surface area contributed by atoms with Crippen LogP contribution >= 0.6 is 0 Å². The van der Waals surface area contributed by atoms with Gasteiger partial charge in [-0.25, -0.2) is 0 Å². The van der Waals surface area contributed by atoms with Gasteiger partial charge in [0.1, 0.15) is 0 Å². The number of carbonyl (C=O) groups is 1. The monoisotopic (exact) mass is 324 g/mol. The Bertz CT molecular complexity index is 683. The standard InChI is InChI=1S/C19H24N4O/c1-15-8-6-7-11-17(15)13-22-19(20-2)23-14-18(24)21-12-16-9-4-3-5-10-16/h3-11H,12-14H2,1-2H3,(H,21,24)(H2,20,22,23). The van der Waals surface area contributed by atoms with Crippen LogP contribution in [-0.4, -0.2) is 25.5 Å². The summed E-state index contributed by atoms with van der Waals surface area (Å²) >= 11 is 0. The summed E-state index contributed by atoms with van der Waals surface area (Å²) in [6, 6.07) is 18.0. The van der Waals surface area contributed by atoms with Gasteiger partial charge in [-0.05, 0) is 23.6 Å². The first kappa shape index (κ1) is 17.5. The smallest absolute Gasteiger partial charge is 0.239 e. The Morgan fingerprint density at radius 3 is 2.33 bits per heavy atom. The maximum atomic E-state index is 11.9. The van der Waals surface area contributed by atoms with E-state index in [2.05, 4.69) is 40.0 Å². The average Bonchev–Trinajstić information content (AvgIpc) is 2.62. The lowest BCUT2D eigenvalue weighted by molar-refractivity contribution is -0.120. The van der Waals surface area contributed by atoms with Gasteiger partial charge in [0, 0.05) is 20.1 Å². The third-order valence-electron chi connectivity index (χ3n) is 3.68. The SMILES string of the molecule is CN=C(NCC(=O)NCc1ccccc1)NCc1ccccc1C. The predicted molar refractivity (Wildman–Crippen MR) is 97.7 cm³/mol. The fourth-order valence-electron chi connectivity index (χ4n) is 2.23. The highest BCUT2D eigenvalue weighted by Crippen LogP contribution is 2.05. The van der Waals surface area contributed by atoms with Crippen molar-refractivity contribution in [3.8, 4) is 0 Å². The molecule has 0 bridgehead atoms. The van der Waals surface area contributed by atoms with E-state index in [1.807, 2.05) is 42.5 Å². The van der Waals surface area contributed by atoms with Crippen LogP contribution in [0, 0.1) is 6.92 Å². The van der Waals surface area contributed by atoms with E-state index >= 15 is 0 Å². The molecule has 0 atom stereocenters. The molecule has 0 aliphatic heterocycles. The molecule has 3 N–H and O–H groups in total. The normalized spacial score (nSPS) is 11.0. The highest BCUT2D eigenvalue weighted by atomic mass is 16.1. The molecule has 2 rings (SSSR count). The second-order valence-electron chi connectivity index (χ2n) is 5.47. The summed E-state index contributed by atoms with van der Waals surface area (Å²) in [6.07, 6.45) is 0. The number of aliphatic imine (C=N–C) groups is 1. The molecule has 0 saturated heterocycles. The molecular weight excluding hydrogens is 300 g/mol. The molecule has 0 fully saturated rings. The Morgan fingerprint density at radius 2 is 1.62 bits per heavy atom. The van der Waals surface area contributed by atoms with Gasteiger partial charge in [-0.2, -0.15) is 0 Å². The van der Waals surface area contributed by atoms with Gasteiger partial charge in [0.25, 0.3) is 0 Å². The number of benzene rings is 2. The van der Waals surface area contributed by atoms with E-state index in [0.29, 0.717) is 19.0 Å². The first-order chi connectivity index (χ1) is 11.7. The molecular formula is C19H24N4O. The van der Waals surface area contributed by atoms with Gasteiger partial charge in [-0.3, -0.25) is 9.79 Å². The minimum absolute atomic E-state index is 0.0716. The zero-order chi connectivity index (χ0) is 17.2. The van der Waals surface area contributed by atoms with E-state index in [4.69, 9.17) is 0 Å². The molecule has 5 heteroatoms. The van der Waals surface area contributed by atoms with Crippen molar-refractivity contribution in [2.45, 2.75) is 20.0 Å². The molecule has 0 heterocycles. The molecule has 2 aromatic rings. The third-order valence-corrected chi connectivity index (χ3v) is 3.68. The van der Waals surface area contributed by atoms with Gasteiger partial charge in [0.2, 0.25) is 5.91 Å². The fraction of sp³-hybridized carbons (Fsp3) is 0.263. The number of nitrogens with one attached hydrogen (secondary N) is 3. The van der Waals surface area contributed by atoms with Crippen LogP contribution in [0.4, 0.5) is 0 Å². The summed E-state index contributed by atoms with van der Waals surface area (Å²) in [6.45, 7) is 3.44. The molecule has 2 aromatic carbocycles. The minimum atomic E-state index is -0.0716. The van der Waals surface area contributed by atoms with Gasteiger partial charge in [0.05, 0.1) is 6.54 Å². The molecule has 24 heavy (non-hydrogen) atoms. The number of rotatable bonds is 6. The minimum Gasteiger partial charge on any atom is -0.352 e. The lowest BCUT2D eigenvalue weighted by atomic mass is 10.1. The average molecular weight is 324 g/mol. The summed E-state index contributed by atoms with van der Waals surface area (Å²) < 4.78 is 0. The highest BCUT2D eigenvalue weighted by molar-refractivity contribution is 5.86. The van der Waals surface area contributed by atoms with Crippen LogP contribution in [0.1, 0.15) is 16.7 Å². The van der Waals surface area contributed by atoms with E-state index in [-0.39, 0.29) is 12.5 Å². The Hall–Kier alpha value is -2.82. The highest BCUT2D eigenvalue weighted by Gasteiger charge is 2.04. The number of guanidine groups is 1. The van der Waals surface area contributed by atoms with Crippen LogP contribution in [0.2, 0.25) is 0 Å². The van der Waals surface area contributed by atoms with Crippen molar-refractivity contribution < 1.29 is 4.79 Å². The molecule has 0 saturated carbocycles. The molecule has 0 unspecified atom stereocenters. The fourth-order valence-corrected chi connectivity index (χ4v) is 2.23. The number of hydrogen-bond donors (Lipinski definition) is 3. The van der Waals surface area contributed by atoms with Crippen molar-refractivity contribution in [1.82, 2.24) is 16.0 Å². The number of carbonyl (C=O) groups excluding carboxylic acids is 1. The number of aryl methyl sites for hydroxylation is 1. The van der Waals surface area contributed by atoms with E-state index < -0.39 is 0 Å². The summed E-state index contributed by atoms with van der Waals surface area (Å²) in [5, 5.41) is 9.11. The van der Waals surface area contributed by atoms with Gasteiger partial charge in [0.15, 0.2) is 5.96 Å². The van der Waals surface area contributed by atoms with Crippen LogP contribution in [0.25, 0.3) is 0 Å². The molecule has 0 spiro atoms. The zero-order valence-corrected chi connectivity index (χ0v) is 14.2. The Balaban J connectivity index is 1.73. The largest absolute Gasteiger partial charge is 0.352 e. The summed E-state index contributed by atoms with van der Waals surface area (Å²) in [5.41, 5.74) is 3.50. The third kappa shape index (κ3) is 5.76. The van der Waals surface area contributed by atoms with Crippen LogP contribution in [-0.2, 0) is 17.9 Å². The van der Waals surface area contributed by atoms with Gasteiger partial charge >= 0.3 is 0 Å². The van der Waals surface area contributed by atoms with Crippen molar-refractivity contribution >= 4 is 11.9 Å². The molecule has 126 valence electrons. The summed E-state index contributed by atoms with van der Waals surface area (Å²) in [5.74, 6) is 0.533. The predicted octanol–water partition coefficient (Wildman–Crippen LogP) is 1.98. The van der Waals surface area contributed by atoms with Crippen molar-refractivity contribution in [2.75, 3.05) is 13.6 Å². The number of nitrogens with zero attached hydrogens (tertiary/aromatic N) is 1. The lowest BCUT2D eigenvalue weighted by Crippen LogP contribution is -2.42. The van der Waals surface area contributed by atoms with E-state index in [9.17, 15) is 4.79 Å². The Morgan fingerprint density at radius 1 is 0.917 bits per heavy atom. The maximum absolute atomic E-state index is 11.9. The molecule has 0 radical (unpaired) electrons. The van der Waals surface area contributed by atoms with Crippen LogP contribution in [0.5, 0.6) is 0 Å². The topological polar surface area (TPSA) is 65.5 Å². The van der Waals surface area contributed by atoms with Gasteiger partial charge < -0.3 is 16.0 Å². The zero-order valence-electron chi connectivity index (χ0n) is 14.2. The van der Waals surface area contributed by atoms with Crippen molar-refractivity contribution in [3.05, 3.63) is 71.3 Å². The maximum Gasteiger partial charge on any atom is 0.239 e. The summed E-state index contributed by atoms with van der Waals surface area (Å²) in [4.78, 5) is 16.0. The molecule has 0 aliphatic rings. The van der Waals surface area contributed by atoms with E-state index in [0.717, 1.165) is 5.56 Å². The van der Waals surface area contributed by atoms with Crippen molar-refractivity contribution in [2.24, 2.45) is 4.99 Å². The van der Waals surface area contributed by atoms with Crippen molar-refractivity contribution in [3.63, 3.8) is 0 Å². The number of hydrogen-bond acceptors (Lipinski definition) is 2. The quantitative estimate of drug-likeness (QED) is 0.562. The van der Waals surface area contributed by atoms with Crippen molar-refractivity contribution in [1.29, 1.82) is 0 Å². The first-order valence-electron chi connectivity index (χ1n) is 7.98. The Labute approximate surface area is 143 Å². The van der Waals surface area contributed by atoms with Crippen LogP contribution in [0.3, 0.4) is 0 Å². The molecule has 1 amide bonds. The van der Waals surface area contributed by atoms with Crippen LogP contribution in [0.15, 0.2) is 59.6 Å².